The molecule has 0 bridgehead atoms. The lowest BCUT2D eigenvalue weighted by molar-refractivity contribution is 0.337. The van der Waals surface area contributed by atoms with Crippen LogP contribution in [0.4, 0.5) is 0 Å². The van der Waals surface area contributed by atoms with Crippen LogP contribution in [-0.4, -0.2) is 19.5 Å². The number of pyridine rings is 1. The Hall–Kier alpha value is -2.05. The number of hydrogen-bond donors (Lipinski definition) is 1. The lowest BCUT2D eigenvalue weighted by Crippen LogP contribution is -2.39. The van der Waals surface area contributed by atoms with Gasteiger partial charge in [0, 0.05) is 36.2 Å². The number of nitrogens with zero attached hydrogens (tertiary/aromatic N) is 4. The summed E-state index contributed by atoms with van der Waals surface area (Å²) < 4.78 is 1.91. The lowest BCUT2D eigenvalue weighted by atomic mass is 9.98. The topological polar surface area (TPSA) is 55.6 Å². The molecule has 1 aliphatic carbocycles. The summed E-state index contributed by atoms with van der Waals surface area (Å²) in [6.07, 6.45) is 12.2. The molecule has 0 amide bonds. The Labute approximate surface area is 145 Å². The van der Waals surface area contributed by atoms with E-state index in [2.05, 4.69) is 33.7 Å². The van der Waals surface area contributed by atoms with Crippen molar-refractivity contribution in [2.45, 2.75) is 44.7 Å². The minimum Gasteiger partial charge on any atom is -0.301 e. The quantitative estimate of drug-likeness (QED) is 0.772. The average Bonchev–Trinajstić information content (AvgIpc) is 3.35. The van der Waals surface area contributed by atoms with E-state index in [-0.39, 0.29) is 5.54 Å². The Balaban J connectivity index is 1.48. The predicted octanol–water partition coefficient (Wildman–Crippen LogP) is 3.59. The van der Waals surface area contributed by atoms with Crippen molar-refractivity contribution in [1.29, 1.82) is 0 Å². The molecule has 4 rings (SSSR count). The van der Waals surface area contributed by atoms with Crippen molar-refractivity contribution in [2.75, 3.05) is 0 Å². The monoisotopic (exact) mass is 339 g/mol. The smallest absolute Gasteiger partial charge is 0.137 e. The molecule has 3 heterocycles. The molecule has 3 aromatic rings. The van der Waals surface area contributed by atoms with Crippen molar-refractivity contribution in [2.24, 2.45) is 0 Å². The Kier molecular flexibility index (Phi) is 4.16. The van der Waals surface area contributed by atoms with Crippen LogP contribution in [0.25, 0.3) is 5.82 Å². The summed E-state index contributed by atoms with van der Waals surface area (Å²) in [5.74, 6) is 0.891. The highest BCUT2D eigenvalue weighted by Gasteiger charge is 2.37. The van der Waals surface area contributed by atoms with Gasteiger partial charge < -0.3 is 5.32 Å². The number of imidazole rings is 1. The Morgan fingerprint density at radius 3 is 2.79 bits per heavy atom. The minimum absolute atomic E-state index is 0.0436. The van der Waals surface area contributed by atoms with Gasteiger partial charge in [-0.3, -0.25) is 4.57 Å². The van der Waals surface area contributed by atoms with Gasteiger partial charge >= 0.3 is 0 Å². The zero-order valence-electron chi connectivity index (χ0n) is 13.8. The second kappa shape index (κ2) is 6.45. The van der Waals surface area contributed by atoms with Gasteiger partial charge in [-0.25, -0.2) is 15.0 Å². The zero-order chi connectivity index (χ0) is 16.4. The first kappa shape index (κ1) is 15.5. The van der Waals surface area contributed by atoms with Crippen LogP contribution in [0, 0.1) is 6.92 Å². The number of rotatable bonds is 5. The normalized spacial score (nSPS) is 16.5. The van der Waals surface area contributed by atoms with Gasteiger partial charge in [0.15, 0.2) is 0 Å². The molecule has 6 heteroatoms. The third-order valence-corrected chi connectivity index (χ3v) is 5.86. The SMILES string of the molecule is Cc1csc(C2(NCc3ccc(-n4ccnc4)nc3)CCCC2)n1. The number of aryl methyl sites for hydroxylation is 1. The second-order valence-electron chi connectivity index (χ2n) is 6.43. The number of hydrogen-bond acceptors (Lipinski definition) is 5. The van der Waals surface area contributed by atoms with E-state index in [9.17, 15) is 0 Å². The van der Waals surface area contributed by atoms with E-state index >= 15 is 0 Å². The van der Waals surface area contributed by atoms with Crippen molar-refractivity contribution in [3.63, 3.8) is 0 Å². The van der Waals surface area contributed by atoms with Crippen molar-refractivity contribution in [3.05, 3.63) is 58.7 Å². The van der Waals surface area contributed by atoms with E-state index in [0.29, 0.717) is 0 Å². The van der Waals surface area contributed by atoms with Gasteiger partial charge in [-0.2, -0.15) is 0 Å². The van der Waals surface area contributed by atoms with Gasteiger partial charge in [0.2, 0.25) is 0 Å². The van der Waals surface area contributed by atoms with Gasteiger partial charge in [-0.1, -0.05) is 18.9 Å². The van der Waals surface area contributed by atoms with Crippen LogP contribution in [0.3, 0.4) is 0 Å². The summed E-state index contributed by atoms with van der Waals surface area (Å²) in [4.78, 5) is 13.4. The van der Waals surface area contributed by atoms with Crippen molar-refractivity contribution >= 4 is 11.3 Å². The van der Waals surface area contributed by atoms with Crippen LogP contribution in [0.15, 0.2) is 42.4 Å². The van der Waals surface area contributed by atoms with Crippen LogP contribution in [0.5, 0.6) is 0 Å². The number of thiazole rings is 1. The van der Waals surface area contributed by atoms with Crippen LogP contribution in [0.1, 0.15) is 41.9 Å². The molecule has 3 aromatic heterocycles. The lowest BCUT2D eigenvalue weighted by Gasteiger charge is -2.28. The summed E-state index contributed by atoms with van der Waals surface area (Å²) in [5.41, 5.74) is 2.36. The van der Waals surface area contributed by atoms with Crippen LogP contribution in [-0.2, 0) is 12.1 Å². The van der Waals surface area contributed by atoms with Crippen molar-refractivity contribution in [1.82, 2.24) is 24.8 Å². The van der Waals surface area contributed by atoms with E-state index in [0.717, 1.165) is 18.1 Å². The Bertz CT molecular complexity index is 785. The molecule has 0 saturated heterocycles. The maximum Gasteiger partial charge on any atom is 0.137 e. The van der Waals surface area contributed by atoms with Gasteiger partial charge in [0.25, 0.3) is 0 Å². The molecule has 0 atom stereocenters. The van der Waals surface area contributed by atoms with E-state index in [4.69, 9.17) is 4.98 Å². The van der Waals surface area contributed by atoms with E-state index in [1.807, 2.05) is 23.0 Å². The highest BCUT2D eigenvalue weighted by molar-refractivity contribution is 7.09. The summed E-state index contributed by atoms with van der Waals surface area (Å²) in [5, 5.41) is 7.17. The zero-order valence-corrected chi connectivity index (χ0v) is 14.6. The van der Waals surface area contributed by atoms with Crippen molar-refractivity contribution in [3.8, 4) is 5.82 Å². The highest BCUT2D eigenvalue weighted by Crippen LogP contribution is 2.40. The molecular weight excluding hydrogens is 318 g/mol. The third kappa shape index (κ3) is 2.99. The number of aromatic nitrogens is 4. The molecule has 1 N–H and O–H groups in total. The second-order valence-corrected chi connectivity index (χ2v) is 7.29. The molecule has 0 unspecified atom stereocenters. The Morgan fingerprint density at radius 2 is 2.17 bits per heavy atom. The van der Waals surface area contributed by atoms with Crippen LogP contribution >= 0.6 is 11.3 Å². The highest BCUT2D eigenvalue weighted by atomic mass is 32.1. The van der Waals surface area contributed by atoms with Gasteiger partial charge in [0.05, 0.1) is 5.54 Å². The van der Waals surface area contributed by atoms with E-state index < -0.39 is 0 Å². The molecule has 0 aliphatic heterocycles. The molecular formula is C18H21N5S. The van der Waals surface area contributed by atoms with Gasteiger partial charge in [-0.05, 0) is 31.4 Å². The first-order chi connectivity index (χ1) is 11.8. The first-order valence-corrected chi connectivity index (χ1v) is 9.24. The fraction of sp³-hybridized carbons (Fsp3) is 0.389. The molecule has 0 aromatic carbocycles. The summed E-state index contributed by atoms with van der Waals surface area (Å²) >= 11 is 1.78. The van der Waals surface area contributed by atoms with Gasteiger partial charge in [-0.15, -0.1) is 11.3 Å². The maximum atomic E-state index is 4.76. The van der Waals surface area contributed by atoms with Crippen LogP contribution < -0.4 is 5.32 Å². The number of nitrogens with one attached hydrogen (secondary N) is 1. The standard InChI is InChI=1S/C18H21N5S/c1-14-12-24-17(22-14)18(6-2-3-7-18)21-11-15-4-5-16(20-10-15)23-9-8-19-13-23/h4-5,8-10,12-13,21H,2-3,6-7,11H2,1H3. The molecule has 124 valence electrons. The largest absolute Gasteiger partial charge is 0.301 e. The Morgan fingerprint density at radius 1 is 1.29 bits per heavy atom. The predicted molar refractivity (Wildman–Crippen MR) is 95.2 cm³/mol. The fourth-order valence-corrected chi connectivity index (χ4v) is 4.39. The molecule has 0 spiro atoms. The van der Waals surface area contributed by atoms with Gasteiger partial charge in [0.1, 0.15) is 17.2 Å². The summed E-state index contributed by atoms with van der Waals surface area (Å²) in [6, 6.07) is 4.17. The molecule has 1 fully saturated rings. The summed E-state index contributed by atoms with van der Waals surface area (Å²) in [6.45, 7) is 2.89. The van der Waals surface area contributed by atoms with Crippen LogP contribution in [0.2, 0.25) is 0 Å². The maximum absolute atomic E-state index is 4.76. The van der Waals surface area contributed by atoms with E-state index in [1.54, 1.807) is 23.9 Å². The molecule has 5 nitrogen and oxygen atoms in total. The summed E-state index contributed by atoms with van der Waals surface area (Å²) in [7, 11) is 0. The van der Waals surface area contributed by atoms with Crippen molar-refractivity contribution < 1.29 is 0 Å². The first-order valence-electron chi connectivity index (χ1n) is 8.36. The average molecular weight is 339 g/mol. The third-order valence-electron chi connectivity index (χ3n) is 4.69. The fourth-order valence-electron chi connectivity index (χ4n) is 3.36. The molecule has 0 radical (unpaired) electrons. The van der Waals surface area contributed by atoms with E-state index in [1.165, 1.54) is 36.3 Å². The molecule has 1 aliphatic rings. The molecule has 24 heavy (non-hydrogen) atoms. The minimum atomic E-state index is 0.0436. The molecule has 1 saturated carbocycles.